The molecule has 3 heterocycles. The average molecular weight is 540 g/mol. The summed E-state index contributed by atoms with van der Waals surface area (Å²) in [4.78, 5) is 5.78. The summed E-state index contributed by atoms with van der Waals surface area (Å²) in [7, 11) is -3.78. The number of aliphatic hydroxyl groups is 1. The Morgan fingerprint density at radius 1 is 1.14 bits per heavy atom. The van der Waals surface area contributed by atoms with E-state index in [-0.39, 0.29) is 18.1 Å². The molecule has 1 saturated heterocycles. The van der Waals surface area contributed by atoms with E-state index in [1.165, 1.54) is 24.4 Å². The molecule has 1 aromatic heterocycles. The van der Waals surface area contributed by atoms with Crippen molar-refractivity contribution in [3.05, 3.63) is 66.6 Å². The fraction of sp³-hybridized carbons (Fsp3) is 0.261. The highest BCUT2D eigenvalue weighted by Crippen LogP contribution is 2.47. The number of fused-ring (bicyclic) bond motifs is 2. The van der Waals surface area contributed by atoms with Gasteiger partial charge < -0.3 is 24.2 Å². The van der Waals surface area contributed by atoms with Crippen LogP contribution in [0.1, 0.15) is 0 Å². The first kappa shape index (κ1) is 25.2. The highest BCUT2D eigenvalue weighted by Gasteiger charge is 2.42. The normalized spacial score (nSPS) is 22.8. The van der Waals surface area contributed by atoms with Gasteiger partial charge in [0.2, 0.25) is 0 Å². The second-order valence-electron chi connectivity index (χ2n) is 8.30. The molecule has 37 heavy (non-hydrogen) atoms. The Balaban J connectivity index is 1.41. The Kier molecular flexibility index (Phi) is 6.43. The van der Waals surface area contributed by atoms with E-state index >= 15 is 0 Å². The largest absolute Gasteiger partial charge is 0.573 e. The van der Waals surface area contributed by atoms with E-state index in [9.17, 15) is 26.9 Å². The van der Waals surface area contributed by atoms with Crippen LogP contribution < -0.4 is 19.1 Å². The van der Waals surface area contributed by atoms with Gasteiger partial charge in [0, 0.05) is 12.3 Å². The molecule has 4 atom stereocenters. The molecule has 0 radical (unpaired) electrons. The van der Waals surface area contributed by atoms with Gasteiger partial charge in [-0.15, -0.1) is 13.2 Å². The van der Waals surface area contributed by atoms with E-state index < -0.39 is 46.0 Å². The van der Waals surface area contributed by atoms with Crippen LogP contribution in [-0.2, 0) is 14.7 Å². The van der Waals surface area contributed by atoms with E-state index in [1.54, 1.807) is 17.0 Å². The lowest BCUT2D eigenvalue weighted by atomic mass is 9.99. The molecule has 0 spiro atoms. The van der Waals surface area contributed by atoms with Gasteiger partial charge in [-0.1, -0.05) is 0 Å². The maximum Gasteiger partial charge on any atom is 0.573 e. The van der Waals surface area contributed by atoms with Crippen molar-refractivity contribution >= 4 is 21.4 Å². The van der Waals surface area contributed by atoms with E-state index in [1.807, 2.05) is 0 Å². The number of anilines is 2. The van der Waals surface area contributed by atoms with Gasteiger partial charge in [-0.05, 0) is 48.5 Å². The van der Waals surface area contributed by atoms with Gasteiger partial charge >= 0.3 is 6.36 Å². The number of alkyl halides is 3. The Hall–Kier alpha value is -3.46. The van der Waals surface area contributed by atoms with Crippen molar-refractivity contribution in [3.63, 3.8) is 0 Å². The minimum Gasteiger partial charge on any atom is -0.451 e. The maximum absolute atomic E-state index is 14.2. The van der Waals surface area contributed by atoms with E-state index in [4.69, 9.17) is 14.3 Å². The molecule has 0 aliphatic carbocycles. The summed E-state index contributed by atoms with van der Waals surface area (Å²) in [5, 5.41) is 11.3. The van der Waals surface area contributed by atoms with Crippen molar-refractivity contribution in [2.75, 3.05) is 18.1 Å². The SMILES string of the molecule is N=S(=O)(NC1COCC(N2c3cc(F)ccc3Oc3cccnc32)C1O)c1ccc(OC(F)(F)F)cc1. The monoisotopic (exact) mass is 540 g/mol. The van der Waals surface area contributed by atoms with Gasteiger partial charge in [0.25, 0.3) is 0 Å². The molecule has 2 aliphatic rings. The van der Waals surface area contributed by atoms with E-state index in [2.05, 4.69) is 14.4 Å². The number of ether oxygens (including phenoxy) is 3. The molecule has 3 N–H and O–H groups in total. The molecule has 0 bridgehead atoms. The first-order valence-corrected chi connectivity index (χ1v) is 12.5. The van der Waals surface area contributed by atoms with Crippen LogP contribution in [0.15, 0.2) is 65.7 Å². The van der Waals surface area contributed by atoms with Gasteiger partial charge in [-0.25, -0.2) is 23.1 Å². The Morgan fingerprint density at radius 3 is 2.62 bits per heavy atom. The lowest BCUT2D eigenvalue weighted by Gasteiger charge is -2.43. The third kappa shape index (κ3) is 5.18. The van der Waals surface area contributed by atoms with Crippen molar-refractivity contribution in [3.8, 4) is 17.2 Å². The summed E-state index contributed by atoms with van der Waals surface area (Å²) >= 11 is 0. The predicted molar refractivity (Wildman–Crippen MR) is 123 cm³/mol. The summed E-state index contributed by atoms with van der Waals surface area (Å²) in [5.74, 6) is -0.0681. The van der Waals surface area contributed by atoms with Gasteiger partial charge in [0.15, 0.2) is 17.3 Å². The summed E-state index contributed by atoms with van der Waals surface area (Å²) < 4.78 is 90.7. The number of pyridine rings is 1. The zero-order chi connectivity index (χ0) is 26.4. The Bertz CT molecular complexity index is 1400. The standard InChI is InChI=1S/C23H20F4N4O5S/c24-13-3-8-19-17(10-13)31(22-20(35-19)2-1-9-29-22)18-12-34-11-16(21(18)32)30-37(28,33)15-6-4-14(5-7-15)36-23(25,26)27/h1-10,16,18,21,32H,11-12H2,(H2,28,30,33). The Labute approximate surface area is 208 Å². The number of rotatable bonds is 5. The first-order chi connectivity index (χ1) is 17.5. The van der Waals surface area contributed by atoms with Crippen LogP contribution in [0.2, 0.25) is 0 Å². The topological polar surface area (TPSA) is 117 Å². The van der Waals surface area contributed by atoms with Gasteiger partial charge in [0.1, 0.15) is 21.5 Å². The molecule has 0 saturated carbocycles. The molecule has 2 aromatic carbocycles. The average Bonchev–Trinajstić information content (AvgIpc) is 2.83. The first-order valence-electron chi connectivity index (χ1n) is 10.9. The maximum atomic E-state index is 14.2. The Morgan fingerprint density at radius 2 is 1.89 bits per heavy atom. The second kappa shape index (κ2) is 9.45. The minimum atomic E-state index is -4.89. The number of nitrogens with one attached hydrogen (secondary N) is 2. The number of hydrogen-bond acceptors (Lipinski definition) is 8. The molecule has 1 fully saturated rings. The lowest BCUT2D eigenvalue weighted by molar-refractivity contribution is -0.274. The van der Waals surface area contributed by atoms with Gasteiger partial charge in [-0.3, -0.25) is 0 Å². The molecule has 3 aromatic rings. The van der Waals surface area contributed by atoms with Crippen LogP contribution in [0, 0.1) is 10.6 Å². The fourth-order valence-electron chi connectivity index (χ4n) is 4.20. The zero-order valence-electron chi connectivity index (χ0n) is 18.8. The fourth-order valence-corrected chi connectivity index (χ4v) is 5.49. The number of nitrogens with zero attached hydrogens (tertiary/aromatic N) is 2. The van der Waals surface area contributed by atoms with Crippen LogP contribution in [0.5, 0.6) is 17.2 Å². The number of benzene rings is 2. The van der Waals surface area contributed by atoms with E-state index in [0.29, 0.717) is 23.0 Å². The van der Waals surface area contributed by atoms with Crippen molar-refractivity contribution < 1.29 is 41.1 Å². The van der Waals surface area contributed by atoms with Crippen LogP contribution in [0.3, 0.4) is 0 Å². The number of hydrogen-bond donors (Lipinski definition) is 3. The molecule has 9 nitrogen and oxygen atoms in total. The summed E-state index contributed by atoms with van der Waals surface area (Å²) in [6.45, 7) is -0.119. The van der Waals surface area contributed by atoms with Crippen LogP contribution in [0.25, 0.3) is 0 Å². The molecule has 4 unspecified atom stereocenters. The number of halogens is 4. The van der Waals surface area contributed by atoms with Gasteiger partial charge in [-0.2, -0.15) is 0 Å². The van der Waals surface area contributed by atoms with Crippen molar-refractivity contribution in [1.29, 1.82) is 4.78 Å². The van der Waals surface area contributed by atoms with Gasteiger partial charge in [0.05, 0.1) is 42.0 Å². The molecule has 14 heteroatoms. The highest BCUT2D eigenvalue weighted by atomic mass is 32.2. The lowest BCUT2D eigenvalue weighted by Crippen LogP contribution is -2.60. The number of aliphatic hydroxyl groups excluding tert-OH is 1. The third-order valence-electron chi connectivity index (χ3n) is 5.81. The van der Waals surface area contributed by atoms with E-state index in [0.717, 1.165) is 24.3 Å². The summed E-state index contributed by atoms with van der Waals surface area (Å²) in [5.41, 5.74) is 0.298. The minimum absolute atomic E-state index is 0.00597. The predicted octanol–water partition coefficient (Wildman–Crippen LogP) is 4.10. The smallest absolute Gasteiger partial charge is 0.451 e. The summed E-state index contributed by atoms with van der Waals surface area (Å²) in [6, 6.07) is 9.38. The molecular formula is C23H20F4N4O5S. The van der Waals surface area contributed by atoms with Crippen LogP contribution in [0.4, 0.5) is 29.1 Å². The molecule has 0 amide bonds. The molecular weight excluding hydrogens is 520 g/mol. The summed E-state index contributed by atoms with van der Waals surface area (Å²) in [6.07, 6.45) is -4.67. The van der Waals surface area contributed by atoms with Crippen LogP contribution in [-0.4, -0.2) is 52.1 Å². The number of aromatic nitrogens is 1. The molecule has 196 valence electrons. The zero-order valence-corrected chi connectivity index (χ0v) is 19.6. The van der Waals surface area contributed by atoms with Crippen molar-refractivity contribution in [2.24, 2.45) is 0 Å². The molecule has 2 aliphatic heterocycles. The van der Waals surface area contributed by atoms with Crippen molar-refractivity contribution in [2.45, 2.75) is 29.4 Å². The highest BCUT2D eigenvalue weighted by molar-refractivity contribution is 7.90. The second-order valence-corrected chi connectivity index (χ2v) is 10.1. The molecule has 5 rings (SSSR count). The quantitative estimate of drug-likeness (QED) is 0.417. The third-order valence-corrected chi connectivity index (χ3v) is 7.38. The van der Waals surface area contributed by atoms with Crippen LogP contribution >= 0.6 is 0 Å². The van der Waals surface area contributed by atoms with Crippen molar-refractivity contribution in [1.82, 2.24) is 9.71 Å².